The molecular weight excluding hydrogens is 372 g/mol. The molecule has 0 spiro atoms. The van der Waals surface area contributed by atoms with Crippen LogP contribution >= 0.6 is 11.3 Å². The topological polar surface area (TPSA) is 86.9 Å². The summed E-state index contributed by atoms with van der Waals surface area (Å²) in [5, 5.41) is 6.88. The van der Waals surface area contributed by atoms with E-state index in [0.717, 1.165) is 40.9 Å². The molecule has 2 heterocycles. The van der Waals surface area contributed by atoms with Crippen LogP contribution in [-0.4, -0.2) is 15.9 Å². The Labute approximate surface area is 167 Å². The second kappa shape index (κ2) is 7.39. The summed E-state index contributed by atoms with van der Waals surface area (Å²) in [6.45, 7) is 5.72. The van der Waals surface area contributed by atoms with E-state index in [1.54, 1.807) is 11.3 Å². The van der Waals surface area contributed by atoms with Gasteiger partial charge in [0.25, 0.3) is 5.56 Å². The molecule has 3 aromatic rings. The molecule has 0 bridgehead atoms. The molecule has 1 aliphatic carbocycles. The maximum absolute atomic E-state index is 12.8. The predicted octanol–water partition coefficient (Wildman–Crippen LogP) is 4.24. The number of aryl methyl sites for hydroxylation is 1. The Hall–Kier alpha value is -2.67. The van der Waals surface area contributed by atoms with Crippen LogP contribution in [0.25, 0.3) is 10.2 Å². The molecule has 3 N–H and O–H groups in total. The van der Waals surface area contributed by atoms with Crippen LogP contribution in [0.5, 0.6) is 0 Å². The first-order valence-electron chi connectivity index (χ1n) is 9.59. The second-order valence-corrected chi connectivity index (χ2v) is 8.69. The predicted molar refractivity (Wildman–Crippen MR) is 114 cm³/mol. The minimum atomic E-state index is -0.151. The van der Waals surface area contributed by atoms with Crippen LogP contribution in [-0.2, 0) is 17.6 Å². The Balaban J connectivity index is 1.58. The van der Waals surface area contributed by atoms with Gasteiger partial charge in [-0.2, -0.15) is 0 Å². The number of benzene rings is 1. The van der Waals surface area contributed by atoms with Crippen molar-refractivity contribution in [3.8, 4) is 0 Å². The number of hydrogen-bond donors (Lipinski definition) is 3. The molecule has 1 aromatic carbocycles. The number of thiophene rings is 1. The molecule has 0 saturated heterocycles. The fourth-order valence-electron chi connectivity index (χ4n) is 3.74. The summed E-state index contributed by atoms with van der Waals surface area (Å²) in [6.07, 6.45) is 3.14. The molecule has 146 valence electrons. The van der Waals surface area contributed by atoms with E-state index >= 15 is 0 Å². The van der Waals surface area contributed by atoms with Gasteiger partial charge in [-0.05, 0) is 61.9 Å². The summed E-state index contributed by atoms with van der Waals surface area (Å²) in [6, 6.07) is 7.31. The lowest BCUT2D eigenvalue weighted by Gasteiger charge is -2.17. The zero-order valence-electron chi connectivity index (χ0n) is 16.3. The van der Waals surface area contributed by atoms with E-state index in [9.17, 15) is 9.59 Å². The van der Waals surface area contributed by atoms with Crippen molar-refractivity contribution in [3.63, 3.8) is 0 Å². The van der Waals surface area contributed by atoms with Crippen molar-refractivity contribution in [1.82, 2.24) is 9.97 Å². The van der Waals surface area contributed by atoms with Crippen LogP contribution in [0.15, 0.2) is 29.1 Å². The number of hydrogen-bond acceptors (Lipinski definition) is 5. The zero-order chi connectivity index (χ0) is 19.8. The van der Waals surface area contributed by atoms with Gasteiger partial charge < -0.3 is 15.6 Å². The monoisotopic (exact) mass is 396 g/mol. The number of amides is 1. The third-order valence-corrected chi connectivity index (χ3v) is 6.33. The van der Waals surface area contributed by atoms with Gasteiger partial charge in [0.05, 0.1) is 11.4 Å². The third-order valence-electron chi connectivity index (χ3n) is 5.18. The number of H-pyrrole nitrogens is 1. The molecule has 2 atom stereocenters. The number of anilines is 2. The van der Waals surface area contributed by atoms with Crippen LogP contribution in [0, 0.1) is 5.92 Å². The normalized spacial score (nSPS) is 17.2. The Morgan fingerprint density at radius 3 is 2.71 bits per heavy atom. The number of aromatic nitrogens is 2. The number of nitrogens with zero attached hydrogens (tertiary/aromatic N) is 1. The number of nitrogens with one attached hydrogen (secondary N) is 3. The molecule has 0 aliphatic heterocycles. The second-order valence-electron chi connectivity index (χ2n) is 7.61. The van der Waals surface area contributed by atoms with E-state index in [1.165, 1.54) is 17.4 Å². The summed E-state index contributed by atoms with van der Waals surface area (Å²) in [5.41, 5.74) is 2.80. The SMILES string of the molecule is CC(=O)Nc1ccc(N[C@@H](C)c2nc3sc4c(c3c(=O)[nH]2)CC[C@@H](C)C4)cc1. The molecule has 4 rings (SSSR count). The highest BCUT2D eigenvalue weighted by Crippen LogP contribution is 2.36. The quantitative estimate of drug-likeness (QED) is 0.616. The average molecular weight is 397 g/mol. The van der Waals surface area contributed by atoms with Gasteiger partial charge in [0.15, 0.2) is 0 Å². The van der Waals surface area contributed by atoms with Crippen molar-refractivity contribution in [2.24, 2.45) is 5.92 Å². The standard InChI is InChI=1S/C21H24N4O2S/c1-11-4-9-16-17(10-11)28-21-18(16)20(27)24-19(25-21)12(2)22-14-5-7-15(8-6-14)23-13(3)26/h5-8,11-12,22H,4,9-10H2,1-3H3,(H,23,26)(H,24,25,27)/t11-,12+/m1/s1. The number of carbonyl (C=O) groups excluding carboxylic acids is 1. The van der Waals surface area contributed by atoms with E-state index < -0.39 is 0 Å². The minimum Gasteiger partial charge on any atom is -0.375 e. The number of carbonyl (C=O) groups is 1. The Kier molecular flexibility index (Phi) is 4.93. The molecule has 6 nitrogen and oxygen atoms in total. The summed E-state index contributed by atoms with van der Waals surface area (Å²) in [5.74, 6) is 1.20. The highest BCUT2D eigenvalue weighted by molar-refractivity contribution is 7.18. The largest absolute Gasteiger partial charge is 0.375 e. The van der Waals surface area contributed by atoms with Crippen LogP contribution in [0.4, 0.5) is 11.4 Å². The maximum atomic E-state index is 12.8. The highest BCUT2D eigenvalue weighted by Gasteiger charge is 2.23. The van der Waals surface area contributed by atoms with E-state index in [0.29, 0.717) is 11.7 Å². The Morgan fingerprint density at radius 2 is 2.00 bits per heavy atom. The number of aromatic amines is 1. The van der Waals surface area contributed by atoms with Crippen molar-refractivity contribution in [2.45, 2.75) is 46.1 Å². The molecule has 2 aromatic heterocycles. The van der Waals surface area contributed by atoms with Gasteiger partial charge in [-0.1, -0.05) is 6.92 Å². The number of fused-ring (bicyclic) bond motifs is 3. The van der Waals surface area contributed by atoms with Crippen molar-refractivity contribution < 1.29 is 4.79 Å². The highest BCUT2D eigenvalue weighted by atomic mass is 32.1. The minimum absolute atomic E-state index is 0.0401. The van der Waals surface area contributed by atoms with E-state index in [4.69, 9.17) is 4.98 Å². The first kappa shape index (κ1) is 18.7. The van der Waals surface area contributed by atoms with E-state index in [-0.39, 0.29) is 17.5 Å². The molecule has 1 aliphatic rings. The molecule has 0 radical (unpaired) electrons. The summed E-state index contributed by atoms with van der Waals surface area (Å²) < 4.78 is 0. The molecule has 1 amide bonds. The Bertz CT molecular complexity index is 1080. The summed E-state index contributed by atoms with van der Waals surface area (Å²) >= 11 is 1.66. The molecule has 7 heteroatoms. The van der Waals surface area contributed by atoms with Crippen LogP contribution < -0.4 is 16.2 Å². The average Bonchev–Trinajstić information content (AvgIpc) is 3.00. The van der Waals surface area contributed by atoms with Gasteiger partial charge in [0, 0.05) is 23.2 Å². The molecular formula is C21H24N4O2S. The smallest absolute Gasteiger partial charge is 0.259 e. The van der Waals surface area contributed by atoms with Crippen molar-refractivity contribution in [2.75, 3.05) is 10.6 Å². The first-order chi connectivity index (χ1) is 13.4. The van der Waals surface area contributed by atoms with Crippen molar-refractivity contribution >= 4 is 38.8 Å². The fraction of sp³-hybridized carbons (Fsp3) is 0.381. The van der Waals surface area contributed by atoms with Gasteiger partial charge in [-0.3, -0.25) is 9.59 Å². The Morgan fingerprint density at radius 1 is 1.29 bits per heavy atom. The number of rotatable bonds is 4. The molecule has 28 heavy (non-hydrogen) atoms. The van der Waals surface area contributed by atoms with Gasteiger partial charge in [0.1, 0.15) is 10.7 Å². The van der Waals surface area contributed by atoms with Gasteiger partial charge in [-0.15, -0.1) is 11.3 Å². The maximum Gasteiger partial charge on any atom is 0.259 e. The van der Waals surface area contributed by atoms with Gasteiger partial charge >= 0.3 is 0 Å². The van der Waals surface area contributed by atoms with E-state index in [2.05, 4.69) is 22.5 Å². The lowest BCUT2D eigenvalue weighted by atomic mass is 9.89. The van der Waals surface area contributed by atoms with Gasteiger partial charge in [-0.25, -0.2) is 4.98 Å². The van der Waals surface area contributed by atoms with Crippen molar-refractivity contribution in [1.29, 1.82) is 0 Å². The van der Waals surface area contributed by atoms with Crippen LogP contribution in [0.1, 0.15) is 49.5 Å². The lowest BCUT2D eigenvalue weighted by molar-refractivity contribution is -0.114. The van der Waals surface area contributed by atoms with E-state index in [1.807, 2.05) is 31.2 Å². The van der Waals surface area contributed by atoms with Gasteiger partial charge in [0.2, 0.25) is 5.91 Å². The zero-order valence-corrected chi connectivity index (χ0v) is 17.1. The molecule has 0 saturated carbocycles. The van der Waals surface area contributed by atoms with Crippen LogP contribution in [0.3, 0.4) is 0 Å². The molecule has 0 unspecified atom stereocenters. The summed E-state index contributed by atoms with van der Waals surface area (Å²) in [7, 11) is 0. The molecule has 0 fully saturated rings. The lowest BCUT2D eigenvalue weighted by Crippen LogP contribution is -2.18. The van der Waals surface area contributed by atoms with Crippen molar-refractivity contribution in [3.05, 3.63) is 50.9 Å². The third kappa shape index (κ3) is 3.67. The fourth-order valence-corrected chi connectivity index (χ4v) is 5.13. The summed E-state index contributed by atoms with van der Waals surface area (Å²) in [4.78, 5) is 33.8. The first-order valence-corrected chi connectivity index (χ1v) is 10.4. The van der Waals surface area contributed by atoms with Crippen LogP contribution in [0.2, 0.25) is 0 Å².